The van der Waals surface area contributed by atoms with Crippen molar-refractivity contribution in [2.75, 3.05) is 23.8 Å². The maximum absolute atomic E-state index is 12.7. The first-order valence-corrected chi connectivity index (χ1v) is 10.7. The van der Waals surface area contributed by atoms with Crippen molar-refractivity contribution >= 4 is 57.9 Å². The van der Waals surface area contributed by atoms with E-state index in [2.05, 4.69) is 10.6 Å². The summed E-state index contributed by atoms with van der Waals surface area (Å²) in [6.45, 7) is 3.85. The minimum absolute atomic E-state index is 0.201. The summed E-state index contributed by atoms with van der Waals surface area (Å²) in [5, 5.41) is 7.35. The predicted molar refractivity (Wildman–Crippen MR) is 128 cm³/mol. The molecule has 0 atom stereocenters. The lowest BCUT2D eigenvalue weighted by atomic mass is 10.0. The molecule has 166 valence electrons. The van der Waals surface area contributed by atoms with Gasteiger partial charge in [-0.15, -0.1) is 0 Å². The number of carbonyl (C=O) groups excluding carboxylic acids is 2. The lowest BCUT2D eigenvalue weighted by molar-refractivity contribution is 0.0513. The molecule has 0 saturated carbocycles. The number of rotatable bonds is 8. The number of benzene rings is 3. The fourth-order valence-corrected chi connectivity index (χ4v) is 3.39. The van der Waals surface area contributed by atoms with Crippen molar-refractivity contribution in [1.29, 1.82) is 0 Å². The van der Waals surface area contributed by atoms with Gasteiger partial charge >= 0.3 is 11.9 Å². The van der Waals surface area contributed by atoms with E-state index in [9.17, 15) is 9.59 Å². The summed E-state index contributed by atoms with van der Waals surface area (Å²) in [6.07, 6.45) is 0. The van der Waals surface area contributed by atoms with Gasteiger partial charge in [0.2, 0.25) is 0 Å². The summed E-state index contributed by atoms with van der Waals surface area (Å²) in [6, 6.07) is 17.1. The number of hydrogen-bond donors (Lipinski definition) is 2. The molecule has 0 aliphatic rings. The summed E-state index contributed by atoms with van der Waals surface area (Å²) >= 11 is 12.2. The number of nitrogens with one attached hydrogen (secondary N) is 2. The summed E-state index contributed by atoms with van der Waals surface area (Å²) in [5.41, 5.74) is 2.53. The molecule has 0 amide bonds. The van der Waals surface area contributed by atoms with Gasteiger partial charge in [-0.05, 0) is 62.4 Å². The molecule has 0 aliphatic heterocycles. The van der Waals surface area contributed by atoms with Gasteiger partial charge in [-0.25, -0.2) is 9.59 Å². The minimum atomic E-state index is -0.540. The second kappa shape index (κ2) is 10.9. The Morgan fingerprint density at radius 1 is 0.719 bits per heavy atom. The van der Waals surface area contributed by atoms with E-state index in [1.807, 2.05) is 0 Å². The van der Waals surface area contributed by atoms with E-state index in [1.165, 1.54) is 0 Å². The number of ether oxygens (including phenoxy) is 2. The molecular formula is C24H22Cl2N2O4. The Bertz CT molecular complexity index is 1050. The average molecular weight is 473 g/mol. The molecule has 3 aromatic rings. The highest BCUT2D eigenvalue weighted by Crippen LogP contribution is 2.32. The lowest BCUT2D eigenvalue weighted by Crippen LogP contribution is -2.13. The molecule has 0 aromatic heterocycles. The molecule has 0 bridgehead atoms. The molecule has 0 fully saturated rings. The van der Waals surface area contributed by atoms with Crippen molar-refractivity contribution in [3.8, 4) is 0 Å². The number of esters is 2. The van der Waals surface area contributed by atoms with Crippen molar-refractivity contribution in [3.63, 3.8) is 0 Å². The zero-order valence-corrected chi connectivity index (χ0v) is 19.1. The van der Waals surface area contributed by atoms with Gasteiger partial charge in [0.05, 0.1) is 35.7 Å². The average Bonchev–Trinajstić information content (AvgIpc) is 2.75. The molecule has 6 nitrogen and oxygen atoms in total. The zero-order chi connectivity index (χ0) is 23.1. The van der Waals surface area contributed by atoms with Gasteiger partial charge in [0.25, 0.3) is 0 Å². The van der Waals surface area contributed by atoms with Crippen LogP contribution in [0, 0.1) is 0 Å². The first-order chi connectivity index (χ1) is 15.4. The van der Waals surface area contributed by atoms with E-state index in [1.54, 1.807) is 74.5 Å². The van der Waals surface area contributed by atoms with Crippen LogP contribution in [0.1, 0.15) is 34.6 Å². The van der Waals surface area contributed by atoms with Gasteiger partial charge in [-0.3, -0.25) is 0 Å². The number of carbonyl (C=O) groups is 2. The molecule has 0 heterocycles. The third kappa shape index (κ3) is 5.93. The van der Waals surface area contributed by atoms with Gasteiger partial charge in [0.15, 0.2) is 0 Å². The van der Waals surface area contributed by atoms with Crippen molar-refractivity contribution in [2.45, 2.75) is 13.8 Å². The van der Waals surface area contributed by atoms with Gasteiger partial charge in [-0.1, -0.05) is 35.3 Å². The summed E-state index contributed by atoms with van der Waals surface area (Å²) in [4.78, 5) is 25.5. The highest BCUT2D eigenvalue weighted by atomic mass is 35.5. The monoisotopic (exact) mass is 472 g/mol. The smallest absolute Gasteiger partial charge is 0.340 e. The summed E-state index contributed by atoms with van der Waals surface area (Å²) < 4.78 is 10.5. The molecule has 2 N–H and O–H groups in total. The summed E-state index contributed by atoms with van der Waals surface area (Å²) in [5.74, 6) is -1.08. The molecule has 0 saturated heterocycles. The van der Waals surface area contributed by atoms with Crippen LogP contribution in [0.2, 0.25) is 10.0 Å². The maximum Gasteiger partial charge on any atom is 0.340 e. The van der Waals surface area contributed by atoms with Crippen LogP contribution >= 0.6 is 23.2 Å². The minimum Gasteiger partial charge on any atom is -0.462 e. The van der Waals surface area contributed by atoms with Gasteiger partial charge in [0, 0.05) is 21.4 Å². The van der Waals surface area contributed by atoms with Crippen LogP contribution in [0.3, 0.4) is 0 Å². The van der Waals surface area contributed by atoms with E-state index in [0.29, 0.717) is 32.8 Å². The van der Waals surface area contributed by atoms with Gasteiger partial charge in [0.1, 0.15) is 0 Å². The molecule has 0 radical (unpaired) electrons. The van der Waals surface area contributed by atoms with Crippen LogP contribution < -0.4 is 10.6 Å². The fourth-order valence-electron chi connectivity index (χ4n) is 3.01. The molecule has 32 heavy (non-hydrogen) atoms. The van der Waals surface area contributed by atoms with E-state index >= 15 is 0 Å². The van der Waals surface area contributed by atoms with Crippen LogP contribution in [-0.2, 0) is 9.47 Å². The third-order valence-corrected chi connectivity index (χ3v) is 4.83. The van der Waals surface area contributed by atoms with E-state index in [4.69, 9.17) is 32.7 Å². The SMILES string of the molecule is CCOC(=O)c1cc(Nc2cccc(Cl)c2)c(C(=O)OCC)cc1Nc1cccc(Cl)c1. The highest BCUT2D eigenvalue weighted by molar-refractivity contribution is 6.31. The molecule has 3 rings (SSSR count). The first-order valence-electron chi connectivity index (χ1n) is 9.98. The van der Waals surface area contributed by atoms with Crippen molar-refractivity contribution in [2.24, 2.45) is 0 Å². The van der Waals surface area contributed by atoms with E-state index in [0.717, 1.165) is 0 Å². The zero-order valence-electron chi connectivity index (χ0n) is 17.6. The molecule has 3 aromatic carbocycles. The first kappa shape index (κ1) is 23.4. The van der Waals surface area contributed by atoms with Crippen molar-refractivity contribution in [1.82, 2.24) is 0 Å². The molecular weight excluding hydrogens is 451 g/mol. The quantitative estimate of drug-likeness (QED) is 0.349. The lowest BCUT2D eigenvalue weighted by Gasteiger charge is -2.18. The van der Waals surface area contributed by atoms with E-state index in [-0.39, 0.29) is 24.3 Å². The topological polar surface area (TPSA) is 76.7 Å². The Morgan fingerprint density at radius 2 is 1.12 bits per heavy atom. The van der Waals surface area contributed by atoms with E-state index < -0.39 is 11.9 Å². The van der Waals surface area contributed by atoms with Gasteiger partial charge < -0.3 is 20.1 Å². The predicted octanol–water partition coefficient (Wildman–Crippen LogP) is 6.83. The normalized spacial score (nSPS) is 10.4. The molecule has 8 heteroatoms. The Kier molecular flexibility index (Phi) is 7.98. The second-order valence-corrected chi connectivity index (χ2v) is 7.53. The Labute approximate surface area is 196 Å². The Balaban J connectivity index is 2.13. The fraction of sp³-hybridized carbons (Fsp3) is 0.167. The number of anilines is 4. The number of halogens is 2. The molecule has 0 spiro atoms. The van der Waals surface area contributed by atoms with Crippen LogP contribution in [0.25, 0.3) is 0 Å². The highest BCUT2D eigenvalue weighted by Gasteiger charge is 2.22. The second-order valence-electron chi connectivity index (χ2n) is 6.66. The largest absolute Gasteiger partial charge is 0.462 e. The Hall–Kier alpha value is -3.22. The summed E-state index contributed by atoms with van der Waals surface area (Å²) in [7, 11) is 0. The van der Waals surface area contributed by atoms with Crippen molar-refractivity contribution < 1.29 is 19.1 Å². The van der Waals surface area contributed by atoms with Crippen LogP contribution in [-0.4, -0.2) is 25.2 Å². The van der Waals surface area contributed by atoms with Crippen LogP contribution in [0.15, 0.2) is 60.7 Å². The van der Waals surface area contributed by atoms with Crippen LogP contribution in [0.5, 0.6) is 0 Å². The molecule has 0 unspecified atom stereocenters. The van der Waals surface area contributed by atoms with Crippen molar-refractivity contribution in [3.05, 3.63) is 81.8 Å². The van der Waals surface area contributed by atoms with Crippen LogP contribution in [0.4, 0.5) is 22.7 Å². The Morgan fingerprint density at radius 3 is 1.47 bits per heavy atom. The number of hydrogen-bond acceptors (Lipinski definition) is 6. The standard InChI is InChI=1S/C24H22Cl2N2O4/c1-3-31-23(29)19-13-22(28-18-10-6-8-16(26)12-18)20(24(30)32-4-2)14-21(19)27-17-9-5-7-15(25)11-17/h5-14,27-28H,3-4H2,1-2H3. The van der Waals surface area contributed by atoms with Gasteiger partial charge in [-0.2, -0.15) is 0 Å². The maximum atomic E-state index is 12.7. The third-order valence-electron chi connectivity index (χ3n) is 4.36. The molecule has 0 aliphatic carbocycles.